The third-order valence-corrected chi connectivity index (χ3v) is 6.36. The molecule has 0 bridgehead atoms. The maximum absolute atomic E-state index is 12.7. The third-order valence-electron chi connectivity index (χ3n) is 4.16. The zero-order valence-electron chi connectivity index (χ0n) is 12.5. The molecule has 2 rings (SSSR count). The summed E-state index contributed by atoms with van der Waals surface area (Å²) in [6.07, 6.45) is 5.27. The molecule has 118 valence electrons. The molecule has 0 saturated heterocycles. The molecule has 0 N–H and O–H groups in total. The molecule has 0 aliphatic heterocycles. The minimum absolute atomic E-state index is 0.102. The lowest BCUT2D eigenvalue weighted by atomic mass is 9.96. The molecule has 1 aliphatic carbocycles. The van der Waals surface area contributed by atoms with E-state index in [2.05, 4.69) is 0 Å². The second-order valence-electron chi connectivity index (χ2n) is 5.42. The van der Waals surface area contributed by atoms with Gasteiger partial charge in [-0.25, -0.2) is 8.42 Å². The maximum atomic E-state index is 12.7. The van der Waals surface area contributed by atoms with Gasteiger partial charge in [-0.1, -0.05) is 19.3 Å². The predicted octanol–water partition coefficient (Wildman–Crippen LogP) is 3.39. The first kappa shape index (κ1) is 16.6. The van der Waals surface area contributed by atoms with Crippen LogP contribution in [0.3, 0.4) is 0 Å². The standard InChI is InChI=1S/C15H22ClNO3S/c1-17(13-6-4-3-5-7-13)21(18,19)14-8-9-15(20-2)12(10-14)11-16/h8-10,13H,3-7,11H2,1-2H3. The number of halogens is 1. The van der Waals surface area contributed by atoms with Crippen LogP contribution in [0.5, 0.6) is 5.75 Å². The molecule has 0 spiro atoms. The smallest absolute Gasteiger partial charge is 0.243 e. The van der Waals surface area contributed by atoms with E-state index in [9.17, 15) is 8.42 Å². The molecule has 1 fully saturated rings. The molecule has 0 heterocycles. The first-order valence-electron chi connectivity index (χ1n) is 7.21. The van der Waals surface area contributed by atoms with E-state index in [0.717, 1.165) is 25.7 Å². The van der Waals surface area contributed by atoms with Crippen LogP contribution in [-0.4, -0.2) is 32.9 Å². The van der Waals surface area contributed by atoms with Crippen molar-refractivity contribution in [1.29, 1.82) is 0 Å². The van der Waals surface area contributed by atoms with E-state index in [-0.39, 0.29) is 16.8 Å². The number of benzene rings is 1. The molecule has 4 nitrogen and oxygen atoms in total. The molecule has 21 heavy (non-hydrogen) atoms. The summed E-state index contributed by atoms with van der Waals surface area (Å²) in [5.74, 6) is 0.837. The largest absolute Gasteiger partial charge is 0.496 e. The van der Waals surface area contributed by atoms with Crippen molar-refractivity contribution in [3.05, 3.63) is 23.8 Å². The second kappa shape index (κ2) is 6.99. The molecule has 6 heteroatoms. The summed E-state index contributed by atoms with van der Waals surface area (Å²) in [7, 11) is -0.251. The van der Waals surface area contributed by atoms with Gasteiger partial charge < -0.3 is 4.74 Å². The van der Waals surface area contributed by atoms with Crippen molar-refractivity contribution in [2.75, 3.05) is 14.2 Å². The number of alkyl halides is 1. The molecular weight excluding hydrogens is 310 g/mol. The van der Waals surface area contributed by atoms with E-state index in [1.807, 2.05) is 0 Å². The number of hydrogen-bond acceptors (Lipinski definition) is 3. The maximum Gasteiger partial charge on any atom is 0.243 e. The van der Waals surface area contributed by atoms with Crippen molar-refractivity contribution in [2.45, 2.75) is 48.9 Å². The van der Waals surface area contributed by atoms with Gasteiger partial charge in [0.15, 0.2) is 0 Å². The summed E-state index contributed by atoms with van der Waals surface area (Å²) in [4.78, 5) is 0.284. The van der Waals surface area contributed by atoms with Crippen molar-refractivity contribution < 1.29 is 13.2 Å². The van der Waals surface area contributed by atoms with Crippen molar-refractivity contribution in [2.24, 2.45) is 0 Å². The Hall–Kier alpha value is -0.780. The Morgan fingerprint density at radius 3 is 2.52 bits per heavy atom. The lowest BCUT2D eigenvalue weighted by Crippen LogP contribution is -2.38. The Kier molecular flexibility index (Phi) is 5.52. The molecule has 1 saturated carbocycles. The number of rotatable bonds is 5. The van der Waals surface area contributed by atoms with E-state index >= 15 is 0 Å². The fraction of sp³-hybridized carbons (Fsp3) is 0.600. The van der Waals surface area contributed by atoms with Gasteiger partial charge in [0.2, 0.25) is 10.0 Å². The Bertz CT molecular complexity index is 583. The summed E-state index contributed by atoms with van der Waals surface area (Å²) in [6, 6.07) is 4.97. The Morgan fingerprint density at radius 2 is 1.95 bits per heavy atom. The van der Waals surface area contributed by atoms with Crippen molar-refractivity contribution >= 4 is 21.6 Å². The SMILES string of the molecule is COc1ccc(S(=O)(=O)N(C)C2CCCCC2)cc1CCl. The van der Waals surface area contributed by atoms with E-state index < -0.39 is 10.0 Å². The molecule has 0 amide bonds. The Labute approximate surface area is 132 Å². The zero-order chi connectivity index (χ0) is 15.5. The molecule has 0 atom stereocenters. The molecule has 1 aromatic rings. The van der Waals surface area contributed by atoms with Gasteiger partial charge in [-0.15, -0.1) is 11.6 Å². The molecule has 0 unspecified atom stereocenters. The number of methoxy groups -OCH3 is 1. The van der Waals surface area contributed by atoms with Crippen LogP contribution >= 0.6 is 11.6 Å². The van der Waals surface area contributed by atoms with Crippen LogP contribution in [-0.2, 0) is 15.9 Å². The molecule has 1 aromatic carbocycles. The number of ether oxygens (including phenoxy) is 1. The Morgan fingerprint density at radius 1 is 1.29 bits per heavy atom. The van der Waals surface area contributed by atoms with Gasteiger partial charge >= 0.3 is 0 Å². The highest BCUT2D eigenvalue weighted by atomic mass is 35.5. The topological polar surface area (TPSA) is 46.6 Å². The summed E-state index contributed by atoms with van der Waals surface area (Å²) in [6.45, 7) is 0. The first-order chi connectivity index (χ1) is 10.0. The zero-order valence-corrected chi connectivity index (χ0v) is 14.1. The van der Waals surface area contributed by atoms with E-state index in [0.29, 0.717) is 11.3 Å². The normalized spacial score (nSPS) is 17.1. The van der Waals surface area contributed by atoms with E-state index in [1.54, 1.807) is 32.4 Å². The highest BCUT2D eigenvalue weighted by molar-refractivity contribution is 7.89. The minimum Gasteiger partial charge on any atom is -0.496 e. The van der Waals surface area contributed by atoms with Crippen LogP contribution in [0.2, 0.25) is 0 Å². The van der Waals surface area contributed by atoms with Crippen LogP contribution in [0.15, 0.2) is 23.1 Å². The summed E-state index contributed by atoms with van der Waals surface area (Å²) in [5, 5.41) is 0. The third kappa shape index (κ3) is 3.52. The lowest BCUT2D eigenvalue weighted by molar-refractivity contribution is 0.286. The van der Waals surface area contributed by atoms with Gasteiger partial charge in [-0.05, 0) is 31.0 Å². The highest BCUT2D eigenvalue weighted by Gasteiger charge is 2.29. The predicted molar refractivity (Wildman–Crippen MR) is 84.4 cm³/mol. The van der Waals surface area contributed by atoms with Crippen molar-refractivity contribution in [3.8, 4) is 5.75 Å². The first-order valence-corrected chi connectivity index (χ1v) is 9.19. The van der Waals surface area contributed by atoms with Crippen LogP contribution in [0.25, 0.3) is 0 Å². The summed E-state index contributed by atoms with van der Waals surface area (Å²) in [5.41, 5.74) is 0.692. The monoisotopic (exact) mass is 331 g/mol. The number of sulfonamides is 1. The lowest BCUT2D eigenvalue weighted by Gasteiger charge is -2.30. The average molecular weight is 332 g/mol. The van der Waals surface area contributed by atoms with Crippen LogP contribution in [0, 0.1) is 0 Å². The summed E-state index contributed by atoms with van der Waals surface area (Å²) >= 11 is 5.87. The number of nitrogens with zero attached hydrogens (tertiary/aromatic N) is 1. The van der Waals surface area contributed by atoms with Gasteiger partial charge in [0, 0.05) is 18.7 Å². The second-order valence-corrected chi connectivity index (χ2v) is 7.69. The van der Waals surface area contributed by atoms with Crippen molar-refractivity contribution in [1.82, 2.24) is 4.31 Å². The van der Waals surface area contributed by atoms with Crippen LogP contribution < -0.4 is 4.74 Å². The van der Waals surface area contributed by atoms with Crippen LogP contribution in [0.4, 0.5) is 0 Å². The van der Waals surface area contributed by atoms with Crippen molar-refractivity contribution in [3.63, 3.8) is 0 Å². The minimum atomic E-state index is -3.48. The quantitative estimate of drug-likeness (QED) is 0.777. The van der Waals surface area contributed by atoms with E-state index in [4.69, 9.17) is 16.3 Å². The van der Waals surface area contributed by atoms with E-state index in [1.165, 1.54) is 10.7 Å². The van der Waals surface area contributed by atoms with Gasteiger partial charge in [0.05, 0.1) is 17.9 Å². The van der Waals surface area contributed by atoms with Gasteiger partial charge in [0.25, 0.3) is 0 Å². The van der Waals surface area contributed by atoms with Gasteiger partial charge in [0.1, 0.15) is 5.75 Å². The van der Waals surface area contributed by atoms with Crippen LogP contribution in [0.1, 0.15) is 37.7 Å². The fourth-order valence-electron chi connectivity index (χ4n) is 2.83. The Balaban J connectivity index is 2.30. The molecular formula is C15H22ClNO3S. The average Bonchev–Trinajstić information content (AvgIpc) is 2.54. The molecule has 0 aromatic heterocycles. The van der Waals surface area contributed by atoms with Gasteiger partial charge in [-0.2, -0.15) is 4.31 Å². The van der Waals surface area contributed by atoms with Gasteiger partial charge in [-0.3, -0.25) is 0 Å². The highest BCUT2D eigenvalue weighted by Crippen LogP contribution is 2.29. The number of hydrogen-bond donors (Lipinski definition) is 0. The molecule has 0 radical (unpaired) electrons. The molecule has 1 aliphatic rings. The summed E-state index contributed by atoms with van der Waals surface area (Å²) < 4.78 is 32.2. The fourth-order valence-corrected chi connectivity index (χ4v) is 4.50.